The van der Waals surface area contributed by atoms with Crippen molar-refractivity contribution < 1.29 is 4.74 Å². The van der Waals surface area contributed by atoms with Crippen LogP contribution in [-0.2, 0) is 0 Å². The molecule has 0 fully saturated rings. The quantitative estimate of drug-likeness (QED) is 0.798. The fraction of sp³-hybridized carbons (Fsp3) is 0. The van der Waals surface area contributed by atoms with Crippen LogP contribution in [0.15, 0.2) is 65.6 Å². The first kappa shape index (κ1) is 13.4. The monoisotopic (exact) mass is 298 g/mol. The summed E-state index contributed by atoms with van der Waals surface area (Å²) in [4.78, 5) is 11.8. The lowest BCUT2D eigenvalue weighted by atomic mass is 10.1. The van der Waals surface area contributed by atoms with Crippen molar-refractivity contribution >= 4 is 11.6 Å². The van der Waals surface area contributed by atoms with Crippen LogP contribution in [0.2, 0.25) is 5.02 Å². The maximum absolute atomic E-state index is 11.8. The molecule has 0 aliphatic heterocycles. The first-order valence-corrected chi connectivity index (χ1v) is 6.68. The van der Waals surface area contributed by atoms with Crippen LogP contribution in [-0.4, -0.2) is 10.2 Å². The Morgan fingerprint density at radius 2 is 1.62 bits per heavy atom. The van der Waals surface area contributed by atoms with Crippen molar-refractivity contribution in [2.45, 2.75) is 0 Å². The first-order chi connectivity index (χ1) is 10.2. The van der Waals surface area contributed by atoms with E-state index in [0.29, 0.717) is 21.9 Å². The Labute approximate surface area is 126 Å². The minimum absolute atomic E-state index is 0.315. The van der Waals surface area contributed by atoms with Crippen LogP contribution in [0.25, 0.3) is 11.1 Å². The van der Waals surface area contributed by atoms with E-state index in [-0.39, 0.29) is 5.56 Å². The average molecular weight is 299 g/mol. The fourth-order valence-electron chi connectivity index (χ4n) is 1.96. The molecule has 0 radical (unpaired) electrons. The predicted octanol–water partition coefficient (Wildman–Crippen LogP) is 3.88. The van der Waals surface area contributed by atoms with E-state index >= 15 is 0 Å². The van der Waals surface area contributed by atoms with E-state index < -0.39 is 0 Å². The van der Waals surface area contributed by atoms with Crippen LogP contribution in [0.3, 0.4) is 0 Å². The van der Waals surface area contributed by atoms with E-state index in [1.165, 1.54) is 6.20 Å². The van der Waals surface area contributed by atoms with Gasteiger partial charge in [0.15, 0.2) is 0 Å². The molecule has 0 amide bonds. The van der Waals surface area contributed by atoms with Gasteiger partial charge in [-0.25, -0.2) is 5.10 Å². The van der Waals surface area contributed by atoms with Crippen molar-refractivity contribution in [3.63, 3.8) is 0 Å². The number of aromatic nitrogens is 2. The van der Waals surface area contributed by atoms with Gasteiger partial charge in [0, 0.05) is 0 Å². The molecule has 4 nitrogen and oxygen atoms in total. The Bertz CT molecular complexity index is 799. The standard InChI is InChI=1S/C16H11ClN2O2/c17-14-10-18-19-16(20)15(14)11-6-8-13(9-7-11)21-12-4-2-1-3-5-12/h1-10H,(H,19,20). The molecule has 3 aromatic rings. The van der Waals surface area contributed by atoms with E-state index in [4.69, 9.17) is 16.3 Å². The van der Waals surface area contributed by atoms with Crippen LogP contribution in [0.4, 0.5) is 0 Å². The van der Waals surface area contributed by atoms with Crippen LogP contribution >= 0.6 is 11.6 Å². The maximum Gasteiger partial charge on any atom is 0.273 e. The minimum Gasteiger partial charge on any atom is -0.457 e. The molecule has 104 valence electrons. The number of ether oxygens (including phenoxy) is 1. The van der Waals surface area contributed by atoms with Crippen LogP contribution in [0.1, 0.15) is 0 Å². The second-order valence-electron chi connectivity index (χ2n) is 4.36. The van der Waals surface area contributed by atoms with Gasteiger partial charge in [0.25, 0.3) is 5.56 Å². The van der Waals surface area contributed by atoms with Gasteiger partial charge < -0.3 is 4.74 Å². The van der Waals surface area contributed by atoms with Crippen molar-refractivity contribution in [1.82, 2.24) is 10.2 Å². The van der Waals surface area contributed by atoms with Gasteiger partial charge in [0.1, 0.15) is 11.5 Å². The van der Waals surface area contributed by atoms with Gasteiger partial charge in [-0.3, -0.25) is 4.79 Å². The van der Waals surface area contributed by atoms with E-state index in [0.717, 1.165) is 5.75 Å². The van der Waals surface area contributed by atoms with E-state index in [9.17, 15) is 4.79 Å². The third-order valence-corrected chi connectivity index (χ3v) is 3.22. The van der Waals surface area contributed by atoms with Gasteiger partial charge in [0.2, 0.25) is 0 Å². The molecule has 0 aliphatic carbocycles. The number of para-hydroxylation sites is 1. The number of benzene rings is 2. The van der Waals surface area contributed by atoms with Crippen molar-refractivity contribution in [2.24, 2.45) is 0 Å². The van der Waals surface area contributed by atoms with E-state index in [1.54, 1.807) is 24.3 Å². The average Bonchev–Trinajstić information content (AvgIpc) is 2.50. The Hall–Kier alpha value is -2.59. The lowest BCUT2D eigenvalue weighted by Gasteiger charge is -2.07. The third-order valence-electron chi connectivity index (χ3n) is 2.93. The van der Waals surface area contributed by atoms with Crippen LogP contribution < -0.4 is 10.3 Å². The van der Waals surface area contributed by atoms with Crippen molar-refractivity contribution in [3.05, 3.63) is 76.2 Å². The highest BCUT2D eigenvalue weighted by atomic mass is 35.5. The summed E-state index contributed by atoms with van der Waals surface area (Å²) in [5, 5.41) is 6.34. The molecule has 0 atom stereocenters. The number of rotatable bonds is 3. The zero-order valence-corrected chi connectivity index (χ0v) is 11.7. The number of H-pyrrole nitrogens is 1. The molecule has 5 heteroatoms. The SMILES string of the molecule is O=c1[nH]ncc(Cl)c1-c1ccc(Oc2ccccc2)cc1. The van der Waals surface area contributed by atoms with Crippen molar-refractivity contribution in [3.8, 4) is 22.6 Å². The fourth-order valence-corrected chi connectivity index (χ4v) is 2.20. The smallest absolute Gasteiger partial charge is 0.273 e. The summed E-state index contributed by atoms with van der Waals surface area (Å²) in [6.45, 7) is 0. The lowest BCUT2D eigenvalue weighted by molar-refractivity contribution is 0.483. The Morgan fingerprint density at radius 1 is 0.952 bits per heavy atom. The molecule has 1 heterocycles. The summed E-state index contributed by atoms with van der Waals surface area (Å²) in [6.07, 6.45) is 1.41. The summed E-state index contributed by atoms with van der Waals surface area (Å²) in [5.41, 5.74) is 0.793. The molecule has 2 aromatic carbocycles. The van der Waals surface area contributed by atoms with Gasteiger partial charge in [-0.05, 0) is 29.8 Å². The number of aromatic amines is 1. The highest BCUT2D eigenvalue weighted by molar-refractivity contribution is 6.33. The highest BCUT2D eigenvalue weighted by Gasteiger charge is 2.09. The van der Waals surface area contributed by atoms with Crippen LogP contribution in [0, 0.1) is 0 Å². The Morgan fingerprint density at radius 3 is 2.29 bits per heavy atom. The van der Waals surface area contributed by atoms with Gasteiger partial charge in [0.05, 0.1) is 16.8 Å². The van der Waals surface area contributed by atoms with Gasteiger partial charge in [-0.15, -0.1) is 0 Å². The molecule has 1 aromatic heterocycles. The zero-order chi connectivity index (χ0) is 14.7. The number of hydrogen-bond acceptors (Lipinski definition) is 3. The summed E-state index contributed by atoms with van der Waals surface area (Å²) in [7, 11) is 0. The first-order valence-electron chi connectivity index (χ1n) is 6.30. The molecule has 0 aliphatic rings. The molecular weight excluding hydrogens is 288 g/mol. The number of hydrogen-bond donors (Lipinski definition) is 1. The predicted molar refractivity (Wildman–Crippen MR) is 81.8 cm³/mol. The van der Waals surface area contributed by atoms with Gasteiger partial charge >= 0.3 is 0 Å². The highest BCUT2D eigenvalue weighted by Crippen LogP contribution is 2.27. The van der Waals surface area contributed by atoms with Crippen molar-refractivity contribution in [2.75, 3.05) is 0 Å². The largest absolute Gasteiger partial charge is 0.457 e. The van der Waals surface area contributed by atoms with Gasteiger partial charge in [-0.1, -0.05) is 41.9 Å². The molecule has 0 bridgehead atoms. The molecule has 0 unspecified atom stereocenters. The maximum atomic E-state index is 11.8. The third kappa shape index (κ3) is 2.95. The van der Waals surface area contributed by atoms with Gasteiger partial charge in [-0.2, -0.15) is 5.10 Å². The Balaban J connectivity index is 1.89. The van der Waals surface area contributed by atoms with E-state index in [1.807, 2.05) is 30.3 Å². The minimum atomic E-state index is -0.320. The summed E-state index contributed by atoms with van der Waals surface area (Å²) in [6, 6.07) is 16.6. The normalized spacial score (nSPS) is 10.3. The molecule has 0 spiro atoms. The molecule has 21 heavy (non-hydrogen) atoms. The summed E-state index contributed by atoms with van der Waals surface area (Å²) in [5.74, 6) is 1.44. The van der Waals surface area contributed by atoms with E-state index in [2.05, 4.69) is 10.2 Å². The molecule has 3 rings (SSSR count). The second-order valence-corrected chi connectivity index (χ2v) is 4.77. The summed E-state index contributed by atoms with van der Waals surface area (Å²) < 4.78 is 5.70. The molecular formula is C16H11ClN2O2. The lowest BCUT2D eigenvalue weighted by Crippen LogP contribution is -2.10. The molecule has 1 N–H and O–H groups in total. The summed E-state index contributed by atoms with van der Waals surface area (Å²) >= 11 is 6.02. The topological polar surface area (TPSA) is 55.0 Å². The molecule has 0 saturated heterocycles. The number of nitrogens with zero attached hydrogens (tertiary/aromatic N) is 1. The number of halogens is 1. The van der Waals surface area contributed by atoms with Crippen molar-refractivity contribution in [1.29, 1.82) is 0 Å². The van der Waals surface area contributed by atoms with Crippen LogP contribution in [0.5, 0.6) is 11.5 Å². The zero-order valence-electron chi connectivity index (χ0n) is 10.9. The second kappa shape index (κ2) is 5.81. The molecule has 0 saturated carbocycles. The Kier molecular flexibility index (Phi) is 3.71. The number of nitrogens with one attached hydrogen (secondary N) is 1.